The third kappa shape index (κ3) is 1.16. The van der Waals surface area contributed by atoms with Crippen LogP contribution in [0, 0.1) is 0 Å². The Hall–Kier alpha value is -1.84. The van der Waals surface area contributed by atoms with E-state index in [4.69, 9.17) is 13.9 Å². The lowest BCUT2D eigenvalue weighted by atomic mass is 10.2. The Morgan fingerprint density at radius 1 is 1.14 bits per heavy atom. The van der Waals surface area contributed by atoms with Gasteiger partial charge in [0, 0.05) is 5.39 Å². The molecule has 2 aromatic rings. The summed E-state index contributed by atoms with van der Waals surface area (Å²) in [5, 5.41) is 10.7. The Morgan fingerprint density at radius 2 is 1.79 bits per heavy atom. The average Bonchev–Trinajstić information content (AvgIpc) is 2.58. The summed E-state index contributed by atoms with van der Waals surface area (Å²) in [6.45, 7) is 0. The molecule has 0 saturated heterocycles. The van der Waals surface area contributed by atoms with Gasteiger partial charge < -0.3 is 19.0 Å². The molecule has 0 aliphatic carbocycles. The molecule has 0 atom stereocenters. The summed E-state index contributed by atoms with van der Waals surface area (Å²) in [5.41, 5.74) is 0. The molecule has 0 saturated carbocycles. The van der Waals surface area contributed by atoms with Gasteiger partial charge in [0.25, 0.3) is 5.95 Å². The second kappa shape index (κ2) is 3.14. The van der Waals surface area contributed by atoms with Crippen molar-refractivity contribution in [1.29, 1.82) is 0 Å². The maximum atomic E-state index is 9.33. The van der Waals surface area contributed by atoms with Crippen LogP contribution in [-0.4, -0.2) is 19.3 Å². The fourth-order valence-corrected chi connectivity index (χ4v) is 1.36. The van der Waals surface area contributed by atoms with Gasteiger partial charge in [0.05, 0.1) is 19.6 Å². The quantitative estimate of drug-likeness (QED) is 0.795. The normalized spacial score (nSPS) is 10.4. The van der Waals surface area contributed by atoms with Crippen molar-refractivity contribution in [2.75, 3.05) is 14.2 Å². The number of hydrogen-bond donors (Lipinski definition) is 1. The number of hydrogen-bond acceptors (Lipinski definition) is 4. The minimum atomic E-state index is -0.110. The van der Waals surface area contributed by atoms with Gasteiger partial charge in [0.2, 0.25) is 0 Å². The zero-order chi connectivity index (χ0) is 10.1. The van der Waals surface area contributed by atoms with Crippen molar-refractivity contribution < 1.29 is 19.0 Å². The standard InChI is InChI=1S/C10H10O4/c1-12-8-3-6-5-14-10(11)7(6)4-9(8)13-2/h3-5,11H,1-2H3. The first kappa shape index (κ1) is 8.74. The van der Waals surface area contributed by atoms with Gasteiger partial charge >= 0.3 is 0 Å². The van der Waals surface area contributed by atoms with Crippen LogP contribution in [0.15, 0.2) is 22.8 Å². The summed E-state index contributed by atoms with van der Waals surface area (Å²) >= 11 is 0. The van der Waals surface area contributed by atoms with E-state index in [0.29, 0.717) is 16.9 Å². The lowest BCUT2D eigenvalue weighted by Crippen LogP contribution is -1.89. The number of methoxy groups -OCH3 is 2. The van der Waals surface area contributed by atoms with E-state index in [0.717, 1.165) is 5.39 Å². The minimum absolute atomic E-state index is 0.110. The van der Waals surface area contributed by atoms with Crippen molar-refractivity contribution in [3.05, 3.63) is 18.4 Å². The number of fused-ring (bicyclic) bond motifs is 1. The van der Waals surface area contributed by atoms with E-state index in [2.05, 4.69) is 0 Å². The summed E-state index contributed by atoms with van der Waals surface area (Å²) in [4.78, 5) is 0. The molecule has 0 aliphatic rings. The maximum absolute atomic E-state index is 9.33. The molecule has 0 bridgehead atoms. The van der Waals surface area contributed by atoms with Crippen molar-refractivity contribution in [2.45, 2.75) is 0 Å². The fraction of sp³-hybridized carbons (Fsp3) is 0.200. The van der Waals surface area contributed by atoms with Gasteiger partial charge in [-0.3, -0.25) is 0 Å². The molecule has 4 nitrogen and oxygen atoms in total. The largest absolute Gasteiger partial charge is 0.493 e. The molecule has 1 N–H and O–H groups in total. The van der Waals surface area contributed by atoms with E-state index in [9.17, 15) is 5.11 Å². The van der Waals surface area contributed by atoms with Gasteiger partial charge in [-0.15, -0.1) is 0 Å². The molecule has 14 heavy (non-hydrogen) atoms. The molecule has 1 aromatic heterocycles. The highest BCUT2D eigenvalue weighted by molar-refractivity contribution is 5.89. The van der Waals surface area contributed by atoms with Crippen LogP contribution in [0.25, 0.3) is 10.8 Å². The molecule has 0 spiro atoms. The van der Waals surface area contributed by atoms with E-state index >= 15 is 0 Å². The second-order valence-corrected chi connectivity index (χ2v) is 2.84. The van der Waals surface area contributed by atoms with Crippen molar-refractivity contribution in [3.63, 3.8) is 0 Å². The molecular weight excluding hydrogens is 184 g/mol. The van der Waals surface area contributed by atoms with E-state index in [1.54, 1.807) is 26.4 Å². The third-order valence-corrected chi connectivity index (χ3v) is 2.08. The molecule has 0 amide bonds. The highest BCUT2D eigenvalue weighted by atomic mass is 16.5. The van der Waals surface area contributed by atoms with Gasteiger partial charge in [0.1, 0.15) is 6.26 Å². The number of furan rings is 1. The van der Waals surface area contributed by atoms with Crippen molar-refractivity contribution in [2.24, 2.45) is 0 Å². The van der Waals surface area contributed by atoms with Gasteiger partial charge in [-0.2, -0.15) is 0 Å². The molecule has 0 aliphatic heterocycles. The smallest absolute Gasteiger partial charge is 0.290 e. The highest BCUT2D eigenvalue weighted by Gasteiger charge is 2.10. The van der Waals surface area contributed by atoms with Crippen molar-refractivity contribution in [3.8, 4) is 17.4 Å². The van der Waals surface area contributed by atoms with Crippen LogP contribution in [0.2, 0.25) is 0 Å². The number of aromatic hydroxyl groups is 1. The molecule has 0 unspecified atom stereocenters. The predicted octanol–water partition coefficient (Wildman–Crippen LogP) is 2.16. The zero-order valence-electron chi connectivity index (χ0n) is 7.90. The summed E-state index contributed by atoms with van der Waals surface area (Å²) in [7, 11) is 3.10. The molecule has 0 radical (unpaired) electrons. The third-order valence-electron chi connectivity index (χ3n) is 2.08. The topological polar surface area (TPSA) is 51.8 Å². The zero-order valence-corrected chi connectivity index (χ0v) is 7.90. The summed E-state index contributed by atoms with van der Waals surface area (Å²) < 4.78 is 15.1. The molecular formula is C10H10O4. The molecule has 4 heteroatoms. The Kier molecular flexibility index (Phi) is 1.96. The van der Waals surface area contributed by atoms with Crippen molar-refractivity contribution in [1.82, 2.24) is 0 Å². The Bertz CT molecular complexity index is 458. The van der Waals surface area contributed by atoms with Gasteiger partial charge in [-0.25, -0.2) is 0 Å². The van der Waals surface area contributed by atoms with Gasteiger partial charge in [-0.05, 0) is 12.1 Å². The van der Waals surface area contributed by atoms with Crippen LogP contribution in [0.1, 0.15) is 0 Å². The van der Waals surface area contributed by atoms with Crippen molar-refractivity contribution >= 4 is 10.8 Å². The molecule has 1 heterocycles. The van der Waals surface area contributed by atoms with Gasteiger partial charge in [-0.1, -0.05) is 0 Å². The van der Waals surface area contributed by atoms with Crippen LogP contribution in [-0.2, 0) is 0 Å². The highest BCUT2D eigenvalue weighted by Crippen LogP contribution is 2.36. The van der Waals surface area contributed by atoms with Crippen LogP contribution < -0.4 is 9.47 Å². The summed E-state index contributed by atoms with van der Waals surface area (Å²) in [6.07, 6.45) is 1.46. The molecule has 2 rings (SSSR count). The van der Waals surface area contributed by atoms with E-state index in [1.165, 1.54) is 6.26 Å². The number of benzene rings is 1. The minimum Gasteiger partial charge on any atom is -0.493 e. The Balaban J connectivity index is 2.71. The molecule has 74 valence electrons. The Morgan fingerprint density at radius 3 is 2.43 bits per heavy atom. The van der Waals surface area contributed by atoms with E-state index in [-0.39, 0.29) is 5.95 Å². The molecule has 0 fully saturated rings. The first-order chi connectivity index (χ1) is 6.76. The lowest BCUT2D eigenvalue weighted by molar-refractivity contribution is 0.337. The summed E-state index contributed by atoms with van der Waals surface area (Å²) in [6, 6.07) is 3.42. The number of ether oxygens (including phenoxy) is 2. The predicted molar refractivity (Wildman–Crippen MR) is 51.0 cm³/mol. The monoisotopic (exact) mass is 194 g/mol. The van der Waals surface area contributed by atoms with E-state index < -0.39 is 0 Å². The first-order valence-electron chi connectivity index (χ1n) is 4.08. The lowest BCUT2D eigenvalue weighted by Gasteiger charge is -2.06. The first-order valence-corrected chi connectivity index (χ1v) is 4.08. The van der Waals surface area contributed by atoms with Crippen LogP contribution in [0.3, 0.4) is 0 Å². The SMILES string of the molecule is COc1cc2coc(O)c2cc1OC. The Labute approximate surface area is 80.7 Å². The van der Waals surface area contributed by atoms with Crippen LogP contribution >= 0.6 is 0 Å². The molecule has 1 aromatic carbocycles. The van der Waals surface area contributed by atoms with E-state index in [1.807, 2.05) is 0 Å². The van der Waals surface area contributed by atoms with Gasteiger partial charge in [0.15, 0.2) is 11.5 Å². The second-order valence-electron chi connectivity index (χ2n) is 2.84. The van der Waals surface area contributed by atoms with Crippen LogP contribution in [0.5, 0.6) is 17.4 Å². The van der Waals surface area contributed by atoms with Crippen LogP contribution in [0.4, 0.5) is 0 Å². The fourth-order valence-electron chi connectivity index (χ4n) is 1.36. The summed E-state index contributed by atoms with van der Waals surface area (Å²) in [5.74, 6) is 1.07. The number of rotatable bonds is 2. The average molecular weight is 194 g/mol. The maximum Gasteiger partial charge on any atom is 0.290 e.